The van der Waals surface area contributed by atoms with Crippen LogP contribution >= 0.6 is 0 Å². The largest absolute Gasteiger partial charge is 0.418 e. The number of aryl methyl sites for hydroxylation is 2. The summed E-state index contributed by atoms with van der Waals surface area (Å²) in [6.07, 6.45) is -3.66. The minimum absolute atomic E-state index is 0.0502. The molecule has 0 bridgehead atoms. The molecule has 6 nitrogen and oxygen atoms in total. The Morgan fingerprint density at radius 2 is 2.05 bits per heavy atom. The van der Waals surface area contributed by atoms with Crippen molar-refractivity contribution in [1.29, 1.82) is 0 Å². The summed E-state index contributed by atoms with van der Waals surface area (Å²) < 4.78 is 40.6. The van der Waals surface area contributed by atoms with Crippen LogP contribution in [-0.2, 0) is 19.1 Å². The fraction of sp³-hybridized carbons (Fsp3) is 0.462. The van der Waals surface area contributed by atoms with Gasteiger partial charge in [-0.15, -0.1) is 0 Å². The SMILES string of the molecule is CCCn1c(CC)nc2cc(C(F)(F)F)c(N)c([N+](=O)[O-])c21. The Kier molecular flexibility index (Phi) is 3.99. The molecule has 1 heterocycles. The maximum Gasteiger partial charge on any atom is 0.418 e. The number of nitro groups is 1. The van der Waals surface area contributed by atoms with Gasteiger partial charge >= 0.3 is 11.9 Å². The Labute approximate surface area is 123 Å². The summed E-state index contributed by atoms with van der Waals surface area (Å²) >= 11 is 0. The fourth-order valence-electron chi connectivity index (χ4n) is 2.49. The highest BCUT2D eigenvalue weighted by atomic mass is 19.4. The van der Waals surface area contributed by atoms with Gasteiger partial charge < -0.3 is 10.3 Å². The van der Waals surface area contributed by atoms with E-state index in [1.807, 2.05) is 6.92 Å². The first kappa shape index (κ1) is 16.1. The summed E-state index contributed by atoms with van der Waals surface area (Å²) in [5, 5.41) is 11.3. The first-order valence-electron chi connectivity index (χ1n) is 6.75. The number of nitrogens with two attached hydrogens (primary N) is 1. The van der Waals surface area contributed by atoms with E-state index in [1.165, 1.54) is 0 Å². The van der Waals surface area contributed by atoms with Crippen molar-refractivity contribution in [2.45, 2.75) is 39.4 Å². The Morgan fingerprint density at radius 3 is 2.50 bits per heavy atom. The van der Waals surface area contributed by atoms with E-state index < -0.39 is 28.0 Å². The molecule has 2 rings (SSSR count). The molecule has 0 spiro atoms. The van der Waals surface area contributed by atoms with Crippen LogP contribution in [0.5, 0.6) is 0 Å². The smallest absolute Gasteiger partial charge is 0.393 e. The van der Waals surface area contributed by atoms with E-state index in [0.29, 0.717) is 25.2 Å². The molecule has 0 atom stereocenters. The summed E-state index contributed by atoms with van der Waals surface area (Å²) in [7, 11) is 0. The van der Waals surface area contributed by atoms with Gasteiger partial charge in [-0.25, -0.2) is 4.98 Å². The lowest BCUT2D eigenvalue weighted by atomic mass is 10.1. The lowest BCUT2D eigenvalue weighted by molar-refractivity contribution is -0.382. The quantitative estimate of drug-likeness (QED) is 0.531. The van der Waals surface area contributed by atoms with Crippen molar-refractivity contribution in [3.05, 3.63) is 27.6 Å². The molecule has 0 aliphatic carbocycles. The van der Waals surface area contributed by atoms with Crippen molar-refractivity contribution in [2.24, 2.45) is 0 Å². The summed E-state index contributed by atoms with van der Waals surface area (Å²) in [4.78, 5) is 14.5. The van der Waals surface area contributed by atoms with Crippen LogP contribution in [0.15, 0.2) is 6.07 Å². The standard InChI is InChI=1S/C13H15F3N4O2/c1-3-5-19-9(4-2)18-8-6-7(13(14,15)16)10(17)12(11(8)19)20(21)22/h6H,3-5,17H2,1-2H3. The molecule has 0 saturated carbocycles. The van der Waals surface area contributed by atoms with E-state index in [2.05, 4.69) is 4.98 Å². The zero-order chi connectivity index (χ0) is 16.7. The maximum absolute atomic E-state index is 13.0. The Morgan fingerprint density at radius 1 is 1.41 bits per heavy atom. The molecule has 0 aliphatic heterocycles. The van der Waals surface area contributed by atoms with Crippen molar-refractivity contribution in [2.75, 3.05) is 5.73 Å². The number of imidazole rings is 1. The third-order valence-corrected chi connectivity index (χ3v) is 3.38. The number of halogens is 3. The van der Waals surface area contributed by atoms with Gasteiger partial charge in [0.25, 0.3) is 0 Å². The lowest BCUT2D eigenvalue weighted by Gasteiger charge is -2.12. The molecule has 120 valence electrons. The Hall–Kier alpha value is -2.32. The van der Waals surface area contributed by atoms with E-state index in [1.54, 1.807) is 11.5 Å². The average Bonchev–Trinajstić information content (AvgIpc) is 2.75. The molecule has 1 aromatic carbocycles. The summed E-state index contributed by atoms with van der Waals surface area (Å²) in [5.74, 6) is 0.499. The molecule has 1 aromatic heterocycles. The van der Waals surface area contributed by atoms with E-state index in [9.17, 15) is 23.3 Å². The number of benzene rings is 1. The second-order valence-electron chi connectivity index (χ2n) is 4.84. The number of hydrogen-bond acceptors (Lipinski definition) is 4. The molecule has 2 aromatic rings. The summed E-state index contributed by atoms with van der Waals surface area (Å²) in [5.41, 5.74) is 2.61. The van der Waals surface area contributed by atoms with Crippen LogP contribution in [-0.4, -0.2) is 14.5 Å². The van der Waals surface area contributed by atoms with Crippen LogP contribution in [0, 0.1) is 10.1 Å². The topological polar surface area (TPSA) is 87.0 Å². The Balaban J connectivity index is 2.95. The van der Waals surface area contributed by atoms with Crippen LogP contribution in [0.25, 0.3) is 11.0 Å². The van der Waals surface area contributed by atoms with Gasteiger partial charge in [-0.1, -0.05) is 13.8 Å². The summed E-state index contributed by atoms with van der Waals surface area (Å²) in [6.45, 7) is 4.07. The van der Waals surface area contributed by atoms with Gasteiger partial charge in [0, 0.05) is 13.0 Å². The van der Waals surface area contributed by atoms with Crippen molar-refractivity contribution in [3.63, 3.8) is 0 Å². The highest BCUT2D eigenvalue weighted by molar-refractivity contribution is 5.93. The second-order valence-corrected chi connectivity index (χ2v) is 4.84. The number of hydrogen-bond donors (Lipinski definition) is 1. The molecular weight excluding hydrogens is 301 g/mol. The van der Waals surface area contributed by atoms with Crippen LogP contribution in [0.3, 0.4) is 0 Å². The van der Waals surface area contributed by atoms with E-state index in [-0.39, 0.29) is 11.0 Å². The predicted molar refractivity (Wildman–Crippen MR) is 75.5 cm³/mol. The zero-order valence-electron chi connectivity index (χ0n) is 12.1. The first-order chi connectivity index (χ1) is 10.2. The van der Waals surface area contributed by atoms with Crippen LogP contribution < -0.4 is 5.73 Å². The van der Waals surface area contributed by atoms with E-state index in [0.717, 1.165) is 6.07 Å². The summed E-state index contributed by atoms with van der Waals surface area (Å²) in [6, 6.07) is 0.781. The number of anilines is 1. The molecule has 9 heteroatoms. The molecule has 0 amide bonds. The third-order valence-electron chi connectivity index (χ3n) is 3.38. The van der Waals surface area contributed by atoms with Gasteiger partial charge in [0.15, 0.2) is 0 Å². The monoisotopic (exact) mass is 316 g/mol. The van der Waals surface area contributed by atoms with Gasteiger partial charge in [-0.05, 0) is 12.5 Å². The highest BCUT2D eigenvalue weighted by Gasteiger charge is 2.38. The molecule has 2 N–H and O–H groups in total. The van der Waals surface area contributed by atoms with Crippen molar-refractivity contribution >= 4 is 22.4 Å². The number of rotatable bonds is 4. The molecule has 22 heavy (non-hydrogen) atoms. The Bertz CT molecular complexity index is 737. The van der Waals surface area contributed by atoms with Crippen LogP contribution in [0.1, 0.15) is 31.7 Å². The van der Waals surface area contributed by atoms with Crippen molar-refractivity contribution in [3.8, 4) is 0 Å². The molecule has 0 radical (unpaired) electrons. The number of alkyl halides is 3. The van der Waals surface area contributed by atoms with E-state index >= 15 is 0 Å². The fourth-order valence-corrected chi connectivity index (χ4v) is 2.49. The maximum atomic E-state index is 13.0. The molecular formula is C13H15F3N4O2. The number of nitrogens with zero attached hydrogens (tertiary/aromatic N) is 3. The number of aromatic nitrogens is 2. The van der Waals surface area contributed by atoms with Crippen LogP contribution in [0.2, 0.25) is 0 Å². The van der Waals surface area contributed by atoms with E-state index in [4.69, 9.17) is 5.73 Å². The lowest BCUT2D eigenvalue weighted by Crippen LogP contribution is -2.12. The van der Waals surface area contributed by atoms with Gasteiger partial charge in [0.05, 0.1) is 16.0 Å². The number of fused-ring (bicyclic) bond motifs is 1. The number of nitrogen functional groups attached to an aromatic ring is 1. The second kappa shape index (κ2) is 5.47. The van der Waals surface area contributed by atoms with Gasteiger partial charge in [-0.3, -0.25) is 10.1 Å². The van der Waals surface area contributed by atoms with Gasteiger partial charge in [-0.2, -0.15) is 13.2 Å². The number of nitro benzene ring substituents is 1. The predicted octanol–water partition coefficient (Wildman–Crippen LogP) is 3.52. The first-order valence-corrected chi connectivity index (χ1v) is 6.75. The average molecular weight is 316 g/mol. The molecule has 0 saturated heterocycles. The van der Waals surface area contributed by atoms with Crippen molar-refractivity contribution < 1.29 is 18.1 Å². The normalized spacial score (nSPS) is 12.0. The van der Waals surface area contributed by atoms with Gasteiger partial charge in [0.2, 0.25) is 0 Å². The minimum Gasteiger partial charge on any atom is -0.393 e. The molecule has 0 unspecified atom stereocenters. The third kappa shape index (κ3) is 2.46. The molecule has 0 fully saturated rings. The zero-order valence-corrected chi connectivity index (χ0v) is 12.1. The van der Waals surface area contributed by atoms with Crippen molar-refractivity contribution in [1.82, 2.24) is 9.55 Å². The van der Waals surface area contributed by atoms with Gasteiger partial charge in [0.1, 0.15) is 17.0 Å². The highest BCUT2D eigenvalue weighted by Crippen LogP contribution is 2.42. The minimum atomic E-state index is -4.77. The van der Waals surface area contributed by atoms with Crippen LogP contribution in [0.4, 0.5) is 24.5 Å². The molecule has 0 aliphatic rings.